The molecule has 0 aliphatic heterocycles. The summed E-state index contributed by atoms with van der Waals surface area (Å²) in [5.41, 5.74) is 11.5. The number of nitrogens with zero attached hydrogens (tertiary/aromatic N) is 3. The van der Waals surface area contributed by atoms with Crippen LogP contribution in [-0.4, -0.2) is 32.2 Å². The SMILES string of the molecule is CC(C)(C)C(Nc1cnc(C(N)=O)c(Nc2cc(C3CC3)ns2)n1)C(N)=O. The Bertz CT molecular complexity index is 870. The summed E-state index contributed by atoms with van der Waals surface area (Å²) in [7, 11) is 0. The highest BCUT2D eigenvalue weighted by Gasteiger charge is 2.30. The first-order valence-corrected chi connectivity index (χ1v) is 9.39. The maximum absolute atomic E-state index is 11.8. The summed E-state index contributed by atoms with van der Waals surface area (Å²) in [5.74, 6) is -0.168. The highest BCUT2D eigenvalue weighted by molar-refractivity contribution is 7.10. The first-order valence-electron chi connectivity index (χ1n) is 8.61. The molecule has 0 aromatic carbocycles. The molecule has 0 bridgehead atoms. The molecule has 2 aromatic rings. The van der Waals surface area contributed by atoms with E-state index in [0.717, 1.165) is 23.5 Å². The topological polar surface area (TPSA) is 149 Å². The van der Waals surface area contributed by atoms with Crippen LogP contribution in [0.25, 0.3) is 0 Å². The zero-order valence-electron chi connectivity index (χ0n) is 15.4. The summed E-state index contributed by atoms with van der Waals surface area (Å²) in [5, 5.41) is 6.80. The third-order valence-corrected chi connectivity index (χ3v) is 4.93. The van der Waals surface area contributed by atoms with Gasteiger partial charge in [-0.15, -0.1) is 0 Å². The Morgan fingerprint density at radius 3 is 2.56 bits per heavy atom. The fourth-order valence-electron chi connectivity index (χ4n) is 2.62. The number of carbonyl (C=O) groups is 2. The van der Waals surface area contributed by atoms with E-state index in [4.69, 9.17) is 11.5 Å². The van der Waals surface area contributed by atoms with E-state index in [0.29, 0.717) is 11.7 Å². The second-order valence-corrected chi connectivity index (χ2v) is 8.48. The fraction of sp³-hybridized carbons (Fsp3) is 0.471. The van der Waals surface area contributed by atoms with Gasteiger partial charge in [-0.2, -0.15) is 4.37 Å². The molecule has 1 fully saturated rings. The molecule has 2 aromatic heterocycles. The minimum absolute atomic E-state index is 0.00769. The molecule has 1 unspecified atom stereocenters. The Hall–Kier alpha value is -2.75. The molecular formula is C17H23N7O2S. The number of primary amides is 2. The molecular weight excluding hydrogens is 366 g/mol. The van der Waals surface area contributed by atoms with Crippen LogP contribution in [0.2, 0.25) is 0 Å². The Labute approximate surface area is 161 Å². The largest absolute Gasteiger partial charge is 0.368 e. The van der Waals surface area contributed by atoms with Crippen molar-refractivity contribution in [1.29, 1.82) is 0 Å². The van der Waals surface area contributed by atoms with E-state index < -0.39 is 23.3 Å². The van der Waals surface area contributed by atoms with Gasteiger partial charge < -0.3 is 22.1 Å². The van der Waals surface area contributed by atoms with Crippen LogP contribution in [0.4, 0.5) is 16.6 Å². The van der Waals surface area contributed by atoms with E-state index in [2.05, 4.69) is 25.0 Å². The van der Waals surface area contributed by atoms with E-state index in [-0.39, 0.29) is 11.5 Å². The lowest BCUT2D eigenvalue weighted by molar-refractivity contribution is -0.120. The second kappa shape index (κ2) is 7.10. The Morgan fingerprint density at radius 2 is 2.00 bits per heavy atom. The van der Waals surface area contributed by atoms with Gasteiger partial charge in [0.25, 0.3) is 5.91 Å². The van der Waals surface area contributed by atoms with Crippen LogP contribution < -0.4 is 22.1 Å². The standard InChI is InChI=1S/C17H23N7O2S/c1-17(2,3)13(15(19)26)21-10-7-20-12(14(18)25)16(22-10)23-11-6-9(24-27-11)8-4-5-8/h6-8,13H,4-5H2,1-3H3,(H2,18,25)(H2,19,26)(H2,21,22,23). The van der Waals surface area contributed by atoms with Gasteiger partial charge in [-0.1, -0.05) is 20.8 Å². The summed E-state index contributed by atoms with van der Waals surface area (Å²) in [6, 6.07) is 1.28. The summed E-state index contributed by atoms with van der Waals surface area (Å²) in [6.45, 7) is 5.66. The summed E-state index contributed by atoms with van der Waals surface area (Å²) in [6.07, 6.45) is 3.65. The molecule has 2 heterocycles. The Balaban J connectivity index is 1.87. The predicted molar refractivity (Wildman–Crippen MR) is 104 cm³/mol. The number of nitrogens with one attached hydrogen (secondary N) is 2. The van der Waals surface area contributed by atoms with Crippen molar-refractivity contribution in [3.63, 3.8) is 0 Å². The molecule has 1 aliphatic rings. The van der Waals surface area contributed by atoms with E-state index >= 15 is 0 Å². The molecule has 0 radical (unpaired) electrons. The molecule has 0 saturated heterocycles. The van der Waals surface area contributed by atoms with Crippen LogP contribution >= 0.6 is 11.5 Å². The predicted octanol–water partition coefficient (Wildman–Crippen LogP) is 1.96. The van der Waals surface area contributed by atoms with Gasteiger partial charge in [0.05, 0.1) is 11.9 Å². The number of amides is 2. The normalized spacial score (nSPS) is 15.2. The van der Waals surface area contributed by atoms with E-state index in [1.54, 1.807) is 0 Å². The Kier molecular flexibility index (Phi) is 5.01. The van der Waals surface area contributed by atoms with Crippen molar-refractivity contribution in [2.45, 2.75) is 45.6 Å². The average Bonchev–Trinajstić information content (AvgIpc) is 3.31. The van der Waals surface area contributed by atoms with Crippen LogP contribution in [-0.2, 0) is 4.79 Å². The minimum atomic E-state index is -0.703. The maximum atomic E-state index is 11.8. The van der Waals surface area contributed by atoms with Crippen LogP contribution in [0.15, 0.2) is 12.3 Å². The van der Waals surface area contributed by atoms with E-state index in [1.807, 2.05) is 26.8 Å². The van der Waals surface area contributed by atoms with Crippen molar-refractivity contribution in [1.82, 2.24) is 14.3 Å². The van der Waals surface area contributed by atoms with Crippen molar-refractivity contribution >= 4 is 40.0 Å². The first kappa shape index (κ1) is 19.0. The molecule has 1 atom stereocenters. The van der Waals surface area contributed by atoms with Crippen LogP contribution in [0.1, 0.15) is 55.7 Å². The zero-order valence-corrected chi connectivity index (χ0v) is 16.3. The highest BCUT2D eigenvalue weighted by atomic mass is 32.1. The first-order chi connectivity index (χ1) is 12.6. The van der Waals surface area contributed by atoms with Crippen LogP contribution in [0, 0.1) is 5.41 Å². The number of hydrogen-bond acceptors (Lipinski definition) is 8. The van der Waals surface area contributed by atoms with Gasteiger partial charge in [0.1, 0.15) is 16.9 Å². The van der Waals surface area contributed by atoms with Crippen LogP contribution in [0.3, 0.4) is 0 Å². The third-order valence-electron chi connectivity index (χ3n) is 4.21. The van der Waals surface area contributed by atoms with Crippen LogP contribution in [0.5, 0.6) is 0 Å². The number of aromatic nitrogens is 3. The molecule has 1 saturated carbocycles. The van der Waals surface area contributed by atoms with Gasteiger partial charge in [-0.3, -0.25) is 9.59 Å². The number of rotatable bonds is 7. The fourth-order valence-corrected chi connectivity index (χ4v) is 3.35. The Morgan fingerprint density at radius 1 is 1.30 bits per heavy atom. The van der Waals surface area contributed by atoms with Gasteiger partial charge in [0.15, 0.2) is 11.5 Å². The third kappa shape index (κ3) is 4.51. The van der Waals surface area contributed by atoms with Crippen molar-refractivity contribution in [2.75, 3.05) is 10.6 Å². The lowest BCUT2D eigenvalue weighted by atomic mass is 9.86. The molecule has 0 spiro atoms. The molecule has 9 nitrogen and oxygen atoms in total. The number of carbonyl (C=O) groups excluding carboxylic acids is 2. The molecule has 10 heteroatoms. The minimum Gasteiger partial charge on any atom is -0.368 e. The zero-order chi connectivity index (χ0) is 19.8. The lowest BCUT2D eigenvalue weighted by Gasteiger charge is -2.29. The number of hydrogen-bond donors (Lipinski definition) is 4. The average molecular weight is 389 g/mol. The summed E-state index contributed by atoms with van der Waals surface area (Å²) < 4.78 is 4.41. The number of nitrogens with two attached hydrogens (primary N) is 2. The monoisotopic (exact) mass is 389 g/mol. The van der Waals surface area contributed by atoms with Gasteiger partial charge >= 0.3 is 0 Å². The smallest absolute Gasteiger partial charge is 0.271 e. The maximum Gasteiger partial charge on any atom is 0.271 e. The molecule has 27 heavy (non-hydrogen) atoms. The quantitative estimate of drug-likeness (QED) is 0.565. The van der Waals surface area contributed by atoms with Crippen molar-refractivity contribution < 1.29 is 9.59 Å². The molecule has 6 N–H and O–H groups in total. The summed E-state index contributed by atoms with van der Waals surface area (Å²) in [4.78, 5) is 32.0. The highest BCUT2D eigenvalue weighted by Crippen LogP contribution is 2.41. The summed E-state index contributed by atoms with van der Waals surface area (Å²) >= 11 is 1.29. The van der Waals surface area contributed by atoms with E-state index in [1.165, 1.54) is 17.7 Å². The van der Waals surface area contributed by atoms with Gasteiger partial charge in [-0.25, -0.2) is 9.97 Å². The molecule has 144 valence electrons. The van der Waals surface area contributed by atoms with E-state index in [9.17, 15) is 9.59 Å². The molecule has 1 aliphatic carbocycles. The lowest BCUT2D eigenvalue weighted by Crippen LogP contribution is -2.45. The second-order valence-electron chi connectivity index (χ2n) is 7.68. The van der Waals surface area contributed by atoms with Gasteiger partial charge in [0.2, 0.25) is 5.91 Å². The molecule has 3 rings (SSSR count). The molecule has 2 amide bonds. The van der Waals surface area contributed by atoms with Gasteiger partial charge in [-0.05, 0) is 35.9 Å². The van der Waals surface area contributed by atoms with Gasteiger partial charge in [0, 0.05) is 5.92 Å². The van der Waals surface area contributed by atoms with Crippen molar-refractivity contribution in [3.8, 4) is 0 Å². The van der Waals surface area contributed by atoms with Crippen molar-refractivity contribution in [2.24, 2.45) is 16.9 Å². The number of anilines is 3. The van der Waals surface area contributed by atoms with Crippen molar-refractivity contribution in [3.05, 3.63) is 23.7 Å².